The third-order valence-electron chi connectivity index (χ3n) is 1.92. The highest BCUT2D eigenvalue weighted by molar-refractivity contribution is 5.82. The number of aliphatic carboxylic acids is 1. The highest BCUT2D eigenvalue weighted by Gasteiger charge is 2.20. The zero-order valence-corrected chi connectivity index (χ0v) is 9.06. The van der Waals surface area contributed by atoms with Crippen molar-refractivity contribution in [3.05, 3.63) is 0 Å². The number of nitrogens with zero attached hydrogens (tertiary/aromatic N) is 1. The predicted octanol–water partition coefficient (Wildman–Crippen LogP) is -0.127. The van der Waals surface area contributed by atoms with Crippen LogP contribution in [0.4, 0.5) is 4.79 Å². The highest BCUT2D eigenvalue weighted by atomic mass is 16.4. The van der Waals surface area contributed by atoms with Crippen LogP contribution in [0.25, 0.3) is 0 Å². The minimum atomic E-state index is -1.14. The number of carbonyl (C=O) groups excluding carboxylic acids is 1. The Hall–Kier alpha value is -1.30. The number of aliphatic hydroxyl groups is 1. The Balaban J connectivity index is 4.15. The van der Waals surface area contributed by atoms with Crippen LogP contribution in [0, 0.1) is 0 Å². The third kappa shape index (κ3) is 5.21. The molecular weight excluding hydrogens is 200 g/mol. The van der Waals surface area contributed by atoms with Crippen LogP contribution in [0.3, 0.4) is 0 Å². The number of amides is 2. The summed E-state index contributed by atoms with van der Waals surface area (Å²) in [6.07, 6.45) is 0.822. The van der Waals surface area contributed by atoms with Crippen molar-refractivity contribution >= 4 is 12.0 Å². The van der Waals surface area contributed by atoms with Gasteiger partial charge in [-0.1, -0.05) is 6.92 Å². The van der Waals surface area contributed by atoms with Gasteiger partial charge >= 0.3 is 12.0 Å². The molecule has 0 unspecified atom stereocenters. The highest BCUT2D eigenvalue weighted by Crippen LogP contribution is 1.94. The van der Waals surface area contributed by atoms with Crippen molar-refractivity contribution < 1.29 is 19.8 Å². The zero-order chi connectivity index (χ0) is 11.8. The van der Waals surface area contributed by atoms with Crippen LogP contribution in [-0.2, 0) is 4.79 Å². The van der Waals surface area contributed by atoms with Crippen LogP contribution >= 0.6 is 0 Å². The molecule has 1 atom stereocenters. The summed E-state index contributed by atoms with van der Waals surface area (Å²) in [5.41, 5.74) is 0. The fourth-order valence-electron chi connectivity index (χ4n) is 1.08. The lowest BCUT2D eigenvalue weighted by Crippen LogP contribution is -2.47. The smallest absolute Gasteiger partial charge is 0.326 e. The summed E-state index contributed by atoms with van der Waals surface area (Å²) >= 11 is 0. The van der Waals surface area contributed by atoms with Gasteiger partial charge in [0.2, 0.25) is 0 Å². The SMILES string of the molecule is CCCN(C)C(=O)N[C@@H](CCO)C(=O)O. The molecule has 2 amide bonds. The summed E-state index contributed by atoms with van der Waals surface area (Å²) in [5.74, 6) is -1.14. The number of nitrogens with one attached hydrogen (secondary N) is 1. The van der Waals surface area contributed by atoms with Gasteiger partial charge in [-0.15, -0.1) is 0 Å². The minimum Gasteiger partial charge on any atom is -0.480 e. The number of hydrogen-bond donors (Lipinski definition) is 3. The molecule has 3 N–H and O–H groups in total. The number of aliphatic hydroxyl groups excluding tert-OH is 1. The summed E-state index contributed by atoms with van der Waals surface area (Å²) in [6, 6.07) is -1.46. The molecule has 6 nitrogen and oxygen atoms in total. The fraction of sp³-hybridized carbons (Fsp3) is 0.778. The van der Waals surface area contributed by atoms with E-state index in [0.717, 1.165) is 6.42 Å². The maximum atomic E-state index is 11.4. The van der Waals surface area contributed by atoms with Crippen LogP contribution in [0.2, 0.25) is 0 Å². The molecule has 0 aromatic carbocycles. The van der Waals surface area contributed by atoms with E-state index in [4.69, 9.17) is 10.2 Å². The zero-order valence-electron chi connectivity index (χ0n) is 9.06. The lowest BCUT2D eigenvalue weighted by molar-refractivity contribution is -0.139. The van der Waals surface area contributed by atoms with Crippen LogP contribution in [0.5, 0.6) is 0 Å². The second kappa shape index (κ2) is 7.05. The first-order valence-corrected chi connectivity index (χ1v) is 4.88. The average Bonchev–Trinajstić information content (AvgIpc) is 2.17. The van der Waals surface area contributed by atoms with Crippen molar-refractivity contribution in [1.82, 2.24) is 10.2 Å². The molecule has 0 radical (unpaired) electrons. The van der Waals surface area contributed by atoms with Crippen molar-refractivity contribution in [2.24, 2.45) is 0 Å². The Kier molecular flexibility index (Phi) is 6.44. The second-order valence-corrected chi connectivity index (χ2v) is 3.27. The van der Waals surface area contributed by atoms with Crippen LogP contribution < -0.4 is 5.32 Å². The van der Waals surface area contributed by atoms with Gasteiger partial charge in [0.05, 0.1) is 0 Å². The van der Waals surface area contributed by atoms with E-state index in [1.807, 2.05) is 6.92 Å². The Morgan fingerprint density at radius 1 is 1.47 bits per heavy atom. The Morgan fingerprint density at radius 3 is 2.47 bits per heavy atom. The maximum Gasteiger partial charge on any atom is 0.326 e. The largest absolute Gasteiger partial charge is 0.480 e. The molecular formula is C9H18N2O4. The molecule has 0 spiro atoms. The molecule has 15 heavy (non-hydrogen) atoms. The minimum absolute atomic E-state index is 0.0149. The first-order valence-electron chi connectivity index (χ1n) is 4.88. The predicted molar refractivity (Wildman–Crippen MR) is 54.6 cm³/mol. The molecule has 6 heteroatoms. The Labute approximate surface area is 88.9 Å². The molecule has 0 aliphatic rings. The van der Waals surface area contributed by atoms with Crippen molar-refractivity contribution in [3.63, 3.8) is 0 Å². The summed E-state index contributed by atoms with van der Waals surface area (Å²) in [5, 5.41) is 19.7. The summed E-state index contributed by atoms with van der Waals surface area (Å²) in [6.45, 7) is 2.22. The number of carboxylic acid groups (broad SMARTS) is 1. The van der Waals surface area contributed by atoms with E-state index in [-0.39, 0.29) is 13.0 Å². The number of carbonyl (C=O) groups is 2. The van der Waals surface area contributed by atoms with Gasteiger partial charge in [-0.3, -0.25) is 0 Å². The molecule has 88 valence electrons. The van der Waals surface area contributed by atoms with Crippen LogP contribution in [-0.4, -0.2) is 53.4 Å². The normalized spacial score (nSPS) is 11.9. The van der Waals surface area contributed by atoms with Gasteiger partial charge in [-0.2, -0.15) is 0 Å². The molecule has 0 aliphatic heterocycles. The third-order valence-corrected chi connectivity index (χ3v) is 1.92. The van der Waals surface area contributed by atoms with Crippen molar-refractivity contribution in [2.75, 3.05) is 20.2 Å². The standard InChI is InChI=1S/C9H18N2O4/c1-3-5-11(2)9(15)10-7(4-6-12)8(13)14/h7,12H,3-6H2,1-2H3,(H,10,15)(H,13,14)/t7-/m0/s1. The van der Waals surface area contributed by atoms with E-state index >= 15 is 0 Å². The molecule has 0 rings (SSSR count). The topological polar surface area (TPSA) is 89.9 Å². The Bertz CT molecular complexity index is 220. The molecule has 0 bridgehead atoms. The lowest BCUT2D eigenvalue weighted by Gasteiger charge is -2.20. The van der Waals surface area contributed by atoms with Gasteiger partial charge in [-0.25, -0.2) is 9.59 Å². The monoisotopic (exact) mass is 218 g/mol. The summed E-state index contributed by atoms with van der Waals surface area (Å²) < 4.78 is 0. The quantitative estimate of drug-likeness (QED) is 0.579. The van der Waals surface area contributed by atoms with Gasteiger partial charge in [0.1, 0.15) is 6.04 Å². The van der Waals surface area contributed by atoms with Gasteiger partial charge in [-0.05, 0) is 6.42 Å². The van der Waals surface area contributed by atoms with E-state index in [0.29, 0.717) is 6.54 Å². The maximum absolute atomic E-state index is 11.4. The molecule has 0 aromatic heterocycles. The fourth-order valence-corrected chi connectivity index (χ4v) is 1.08. The van der Waals surface area contributed by atoms with E-state index in [9.17, 15) is 9.59 Å². The number of urea groups is 1. The number of carboxylic acids is 1. The first-order chi connectivity index (χ1) is 7.02. The van der Waals surface area contributed by atoms with Crippen molar-refractivity contribution in [3.8, 4) is 0 Å². The summed E-state index contributed by atoms with van der Waals surface area (Å²) in [4.78, 5) is 23.5. The van der Waals surface area contributed by atoms with Crippen LogP contribution in [0.15, 0.2) is 0 Å². The molecule has 0 saturated carbocycles. The molecule has 0 saturated heterocycles. The van der Waals surface area contributed by atoms with E-state index in [1.165, 1.54) is 4.90 Å². The first kappa shape index (κ1) is 13.7. The van der Waals surface area contributed by atoms with Gasteiger partial charge in [0.25, 0.3) is 0 Å². The molecule has 0 heterocycles. The van der Waals surface area contributed by atoms with Crippen molar-refractivity contribution in [1.29, 1.82) is 0 Å². The number of rotatable bonds is 6. The molecule has 0 aromatic rings. The second-order valence-electron chi connectivity index (χ2n) is 3.27. The molecule has 0 fully saturated rings. The van der Waals surface area contributed by atoms with E-state index in [1.54, 1.807) is 7.05 Å². The van der Waals surface area contributed by atoms with Crippen molar-refractivity contribution in [2.45, 2.75) is 25.8 Å². The van der Waals surface area contributed by atoms with Gasteiger partial charge in [0, 0.05) is 26.6 Å². The van der Waals surface area contributed by atoms with Gasteiger partial charge < -0.3 is 20.4 Å². The van der Waals surface area contributed by atoms with Gasteiger partial charge in [0.15, 0.2) is 0 Å². The average molecular weight is 218 g/mol. The van der Waals surface area contributed by atoms with Crippen LogP contribution in [0.1, 0.15) is 19.8 Å². The van der Waals surface area contributed by atoms with E-state index < -0.39 is 18.0 Å². The lowest BCUT2D eigenvalue weighted by atomic mass is 10.2. The molecule has 0 aliphatic carbocycles. The summed E-state index contributed by atoms with van der Waals surface area (Å²) in [7, 11) is 1.59. The number of hydrogen-bond acceptors (Lipinski definition) is 3. The van der Waals surface area contributed by atoms with E-state index in [2.05, 4.69) is 5.32 Å². The Morgan fingerprint density at radius 2 is 2.07 bits per heavy atom.